The number of hydrogen-bond donors (Lipinski definition) is 3. The molecular formula is C18H14FN3O4S. The van der Waals surface area contributed by atoms with E-state index in [0.717, 1.165) is 12.1 Å². The van der Waals surface area contributed by atoms with Crippen LogP contribution in [0.25, 0.3) is 0 Å². The minimum absolute atomic E-state index is 0.0415. The van der Waals surface area contributed by atoms with E-state index in [4.69, 9.17) is 0 Å². The summed E-state index contributed by atoms with van der Waals surface area (Å²) < 4.78 is 40.2. The van der Waals surface area contributed by atoms with Crippen LogP contribution >= 0.6 is 0 Å². The molecule has 0 aliphatic rings. The lowest BCUT2D eigenvalue weighted by Gasteiger charge is -2.10. The van der Waals surface area contributed by atoms with Crippen LogP contribution in [-0.2, 0) is 10.0 Å². The van der Waals surface area contributed by atoms with Crippen LogP contribution in [0, 0.1) is 5.82 Å². The largest absolute Gasteiger partial charge is 0.504 e. The van der Waals surface area contributed by atoms with Crippen molar-refractivity contribution in [2.75, 3.05) is 10.0 Å². The van der Waals surface area contributed by atoms with E-state index in [0.29, 0.717) is 0 Å². The standard InChI is InChI=1S/C18H14FN3O4S/c19-13-6-8-14(9-7-13)22-27(25,26)15-4-1-3-12(11-15)18(24)21-17-16(23)5-2-10-20-17/h1-11,22-23H,(H,20,21,24). The summed E-state index contributed by atoms with van der Waals surface area (Å²) in [5, 5.41) is 12.1. The first-order valence-corrected chi connectivity index (χ1v) is 9.17. The third-order valence-electron chi connectivity index (χ3n) is 3.52. The van der Waals surface area contributed by atoms with Gasteiger partial charge in [0.25, 0.3) is 15.9 Å². The molecule has 3 aromatic rings. The van der Waals surface area contributed by atoms with Crippen molar-refractivity contribution in [3.8, 4) is 5.75 Å². The molecule has 0 radical (unpaired) electrons. The maximum absolute atomic E-state index is 12.9. The summed E-state index contributed by atoms with van der Waals surface area (Å²) in [6, 6.07) is 13.0. The van der Waals surface area contributed by atoms with Gasteiger partial charge in [0.15, 0.2) is 11.6 Å². The van der Waals surface area contributed by atoms with E-state index in [9.17, 15) is 22.7 Å². The molecule has 0 fully saturated rings. The number of nitrogens with zero attached hydrogens (tertiary/aromatic N) is 1. The number of anilines is 2. The van der Waals surface area contributed by atoms with Crippen LogP contribution in [0.15, 0.2) is 71.8 Å². The molecule has 27 heavy (non-hydrogen) atoms. The fraction of sp³-hybridized carbons (Fsp3) is 0. The number of sulfonamides is 1. The first kappa shape index (κ1) is 18.3. The van der Waals surface area contributed by atoms with Crippen molar-refractivity contribution >= 4 is 27.4 Å². The van der Waals surface area contributed by atoms with Crippen LogP contribution in [-0.4, -0.2) is 24.4 Å². The van der Waals surface area contributed by atoms with Gasteiger partial charge in [-0.15, -0.1) is 0 Å². The number of pyridine rings is 1. The Bertz CT molecular complexity index is 1090. The second-order valence-electron chi connectivity index (χ2n) is 5.47. The van der Waals surface area contributed by atoms with Crippen molar-refractivity contribution in [2.45, 2.75) is 4.90 Å². The van der Waals surface area contributed by atoms with Crippen molar-refractivity contribution in [3.05, 3.63) is 78.2 Å². The Morgan fingerprint density at radius 2 is 1.78 bits per heavy atom. The lowest BCUT2D eigenvalue weighted by molar-refractivity contribution is 0.102. The van der Waals surface area contributed by atoms with Gasteiger partial charge in [-0.2, -0.15) is 0 Å². The number of amides is 1. The molecular weight excluding hydrogens is 373 g/mol. The number of halogens is 1. The molecule has 1 heterocycles. The maximum Gasteiger partial charge on any atom is 0.261 e. The second-order valence-corrected chi connectivity index (χ2v) is 7.15. The minimum atomic E-state index is -3.98. The van der Waals surface area contributed by atoms with Crippen molar-refractivity contribution < 1.29 is 22.7 Å². The SMILES string of the molecule is O=C(Nc1ncccc1O)c1cccc(S(=O)(=O)Nc2ccc(F)cc2)c1. The average molecular weight is 387 g/mol. The molecule has 0 aliphatic carbocycles. The number of nitrogens with one attached hydrogen (secondary N) is 2. The molecule has 3 N–H and O–H groups in total. The average Bonchev–Trinajstić information content (AvgIpc) is 2.65. The number of benzene rings is 2. The highest BCUT2D eigenvalue weighted by molar-refractivity contribution is 7.92. The molecule has 1 aromatic heterocycles. The Balaban J connectivity index is 1.83. The van der Waals surface area contributed by atoms with E-state index in [2.05, 4.69) is 15.0 Å². The van der Waals surface area contributed by atoms with Gasteiger partial charge in [-0.05, 0) is 54.6 Å². The summed E-state index contributed by atoms with van der Waals surface area (Å²) in [6.07, 6.45) is 1.39. The topological polar surface area (TPSA) is 108 Å². The minimum Gasteiger partial charge on any atom is -0.504 e. The molecule has 9 heteroatoms. The van der Waals surface area contributed by atoms with Gasteiger partial charge in [0.05, 0.1) is 4.90 Å². The fourth-order valence-electron chi connectivity index (χ4n) is 2.21. The molecule has 1 amide bonds. The predicted molar refractivity (Wildman–Crippen MR) is 97.5 cm³/mol. The van der Waals surface area contributed by atoms with Crippen molar-refractivity contribution in [3.63, 3.8) is 0 Å². The molecule has 0 saturated heterocycles. The van der Waals surface area contributed by atoms with Gasteiger partial charge in [-0.1, -0.05) is 6.07 Å². The second kappa shape index (κ2) is 7.42. The summed E-state index contributed by atoms with van der Waals surface area (Å²) in [5.41, 5.74) is 0.242. The van der Waals surface area contributed by atoms with Gasteiger partial charge >= 0.3 is 0 Å². The van der Waals surface area contributed by atoms with Crippen LogP contribution in [0.4, 0.5) is 15.9 Å². The smallest absolute Gasteiger partial charge is 0.261 e. The highest BCUT2D eigenvalue weighted by Crippen LogP contribution is 2.21. The van der Waals surface area contributed by atoms with E-state index in [-0.39, 0.29) is 27.7 Å². The Hall–Kier alpha value is -3.46. The van der Waals surface area contributed by atoms with Crippen molar-refractivity contribution in [1.82, 2.24) is 4.98 Å². The van der Waals surface area contributed by atoms with Gasteiger partial charge in [0.1, 0.15) is 5.82 Å². The Morgan fingerprint density at radius 3 is 2.48 bits per heavy atom. The number of hydrogen-bond acceptors (Lipinski definition) is 5. The summed E-state index contributed by atoms with van der Waals surface area (Å²) in [7, 11) is -3.98. The maximum atomic E-state index is 12.9. The zero-order valence-electron chi connectivity index (χ0n) is 13.8. The third-order valence-corrected chi connectivity index (χ3v) is 4.90. The third kappa shape index (κ3) is 4.39. The number of rotatable bonds is 5. The fourth-order valence-corrected chi connectivity index (χ4v) is 3.31. The Labute approximate surface area is 154 Å². The highest BCUT2D eigenvalue weighted by atomic mass is 32.2. The van der Waals surface area contributed by atoms with Crippen LogP contribution in [0.1, 0.15) is 10.4 Å². The van der Waals surface area contributed by atoms with E-state index in [1.807, 2.05) is 0 Å². The van der Waals surface area contributed by atoms with Gasteiger partial charge in [-0.3, -0.25) is 9.52 Å². The molecule has 0 unspecified atom stereocenters. The molecule has 2 aromatic carbocycles. The summed E-state index contributed by atoms with van der Waals surface area (Å²) in [4.78, 5) is 16.0. The van der Waals surface area contributed by atoms with E-state index >= 15 is 0 Å². The van der Waals surface area contributed by atoms with Gasteiger partial charge in [-0.25, -0.2) is 17.8 Å². The highest BCUT2D eigenvalue weighted by Gasteiger charge is 2.17. The van der Waals surface area contributed by atoms with Gasteiger partial charge in [0, 0.05) is 17.4 Å². The van der Waals surface area contributed by atoms with Crippen molar-refractivity contribution in [2.24, 2.45) is 0 Å². The van der Waals surface area contributed by atoms with Crippen LogP contribution in [0.3, 0.4) is 0 Å². The molecule has 0 spiro atoms. The Morgan fingerprint density at radius 1 is 1.04 bits per heavy atom. The van der Waals surface area contributed by atoms with E-state index < -0.39 is 21.7 Å². The molecule has 0 saturated carbocycles. The number of aromatic nitrogens is 1. The molecule has 0 atom stereocenters. The number of aromatic hydroxyl groups is 1. The number of carbonyl (C=O) groups excluding carboxylic acids is 1. The normalized spacial score (nSPS) is 11.0. The summed E-state index contributed by atoms with van der Waals surface area (Å²) in [6.45, 7) is 0. The summed E-state index contributed by atoms with van der Waals surface area (Å²) >= 11 is 0. The van der Waals surface area contributed by atoms with Crippen LogP contribution in [0.2, 0.25) is 0 Å². The number of carbonyl (C=O) groups is 1. The predicted octanol–water partition coefficient (Wildman–Crippen LogP) is 2.98. The van der Waals surface area contributed by atoms with E-state index in [1.165, 1.54) is 54.7 Å². The first-order valence-electron chi connectivity index (χ1n) is 7.69. The summed E-state index contributed by atoms with van der Waals surface area (Å²) in [5.74, 6) is -1.38. The molecule has 138 valence electrons. The molecule has 3 rings (SSSR count). The van der Waals surface area contributed by atoms with Crippen molar-refractivity contribution in [1.29, 1.82) is 0 Å². The van der Waals surface area contributed by atoms with Crippen LogP contribution in [0.5, 0.6) is 5.75 Å². The quantitative estimate of drug-likeness (QED) is 0.624. The molecule has 0 aliphatic heterocycles. The lowest BCUT2D eigenvalue weighted by atomic mass is 10.2. The first-order chi connectivity index (χ1) is 12.8. The van der Waals surface area contributed by atoms with Gasteiger partial charge in [0.2, 0.25) is 0 Å². The van der Waals surface area contributed by atoms with Gasteiger partial charge < -0.3 is 10.4 Å². The molecule has 7 nitrogen and oxygen atoms in total. The zero-order valence-corrected chi connectivity index (χ0v) is 14.6. The van der Waals surface area contributed by atoms with E-state index in [1.54, 1.807) is 0 Å². The van der Waals surface area contributed by atoms with Crippen LogP contribution < -0.4 is 10.0 Å². The lowest BCUT2D eigenvalue weighted by Crippen LogP contribution is -2.16. The zero-order chi connectivity index (χ0) is 19.4. The Kier molecular flexibility index (Phi) is 5.04. The molecule has 0 bridgehead atoms. The monoisotopic (exact) mass is 387 g/mol.